The Morgan fingerprint density at radius 1 is 1.11 bits per heavy atom. The molecule has 2 amide bonds. The fourth-order valence-electron chi connectivity index (χ4n) is 3.04. The molecule has 1 unspecified atom stereocenters. The van der Waals surface area contributed by atoms with Crippen molar-refractivity contribution in [1.29, 1.82) is 0 Å². The summed E-state index contributed by atoms with van der Waals surface area (Å²) < 4.78 is 106. The number of nitrogens with one attached hydrogen (secondary N) is 1. The molecule has 1 saturated carbocycles. The zero-order valence-electron chi connectivity index (χ0n) is 26.0. The van der Waals surface area contributed by atoms with Crippen LogP contribution in [0, 0.1) is 25.6 Å². The lowest BCUT2D eigenvalue weighted by atomic mass is 10.1. The van der Waals surface area contributed by atoms with Gasteiger partial charge in [-0.3, -0.25) is 0 Å². The van der Waals surface area contributed by atoms with Crippen LogP contribution in [-0.2, 0) is 4.74 Å². The molecule has 0 aromatic heterocycles. The Bertz CT molecular complexity index is 1130. The molecule has 0 radical (unpaired) electrons. The largest absolute Gasteiger partial charge is 0.505 e. The Hall–Kier alpha value is -4.47. The Labute approximate surface area is 266 Å². The summed E-state index contributed by atoms with van der Waals surface area (Å²) in [5.74, 6) is -4.11. The highest BCUT2D eigenvalue weighted by Gasteiger charge is 2.44. The van der Waals surface area contributed by atoms with Gasteiger partial charge in [-0.25, -0.2) is 22.4 Å². The van der Waals surface area contributed by atoms with Crippen LogP contribution < -0.4 is 15.8 Å². The second kappa shape index (κ2) is 26.9. The van der Waals surface area contributed by atoms with Crippen molar-refractivity contribution in [2.75, 3.05) is 13.8 Å². The van der Waals surface area contributed by atoms with Crippen LogP contribution in [0.15, 0.2) is 86.2 Å². The summed E-state index contributed by atoms with van der Waals surface area (Å²) in [4.78, 5) is 10.9. The summed E-state index contributed by atoms with van der Waals surface area (Å²) in [6, 6.07) is 10.7. The van der Waals surface area contributed by atoms with Gasteiger partial charge in [0.2, 0.25) is 5.92 Å². The molecule has 2 aromatic carbocycles. The highest BCUT2D eigenvalue weighted by atomic mass is 19.3. The van der Waals surface area contributed by atoms with Crippen molar-refractivity contribution in [3.63, 3.8) is 0 Å². The third-order valence-electron chi connectivity index (χ3n) is 4.99. The number of aryl methyl sites for hydroxylation is 1. The quantitative estimate of drug-likeness (QED) is 0.128. The predicted octanol–water partition coefficient (Wildman–Crippen LogP) is 9.71. The molecule has 46 heavy (non-hydrogen) atoms. The van der Waals surface area contributed by atoms with Crippen molar-refractivity contribution < 1.29 is 49.4 Å². The van der Waals surface area contributed by atoms with E-state index in [1.54, 1.807) is 14.0 Å². The topological polar surface area (TPSA) is 73.6 Å². The molecule has 0 aliphatic heterocycles. The Kier molecular flexibility index (Phi) is 26.9. The number of ether oxygens (including phenoxy) is 2. The minimum Gasteiger partial charge on any atom is -0.505 e. The van der Waals surface area contributed by atoms with Crippen LogP contribution in [-0.4, -0.2) is 38.3 Å². The highest BCUT2D eigenvalue weighted by Crippen LogP contribution is 2.34. The molecule has 0 heterocycles. The molecule has 13 heteroatoms. The summed E-state index contributed by atoms with van der Waals surface area (Å²) in [5, 5.41) is 2.23. The minimum absolute atomic E-state index is 0.00281. The van der Waals surface area contributed by atoms with E-state index in [0.717, 1.165) is 12.1 Å². The number of urea groups is 1. The van der Waals surface area contributed by atoms with Crippen molar-refractivity contribution in [2.24, 2.45) is 5.73 Å². The van der Waals surface area contributed by atoms with Gasteiger partial charge >= 0.3 is 18.6 Å². The van der Waals surface area contributed by atoms with Gasteiger partial charge in [0.25, 0.3) is 0 Å². The van der Waals surface area contributed by atoms with E-state index in [9.17, 15) is 39.9 Å². The van der Waals surface area contributed by atoms with Crippen LogP contribution in [0.1, 0.15) is 49.8 Å². The molecular formula is C33H42F8N2O3. The monoisotopic (exact) mass is 666 g/mol. The lowest BCUT2D eigenvalue weighted by molar-refractivity contribution is -0.253. The normalized spacial score (nSPS) is 13.1. The van der Waals surface area contributed by atoms with Gasteiger partial charge in [0.15, 0.2) is 0 Å². The van der Waals surface area contributed by atoms with E-state index in [-0.39, 0.29) is 18.4 Å². The summed E-state index contributed by atoms with van der Waals surface area (Å²) in [6.07, 6.45) is 6.31. The van der Waals surface area contributed by atoms with Gasteiger partial charge in [-0.2, -0.15) is 17.6 Å². The van der Waals surface area contributed by atoms with Crippen molar-refractivity contribution in [2.45, 2.75) is 64.0 Å². The first kappa shape index (κ1) is 46.0. The predicted molar refractivity (Wildman–Crippen MR) is 166 cm³/mol. The first-order valence-electron chi connectivity index (χ1n) is 13.5. The molecular weight excluding hydrogens is 624 g/mol. The van der Waals surface area contributed by atoms with Crippen molar-refractivity contribution in [3.05, 3.63) is 103 Å². The number of primary amides is 1. The molecule has 0 bridgehead atoms. The van der Waals surface area contributed by atoms with Gasteiger partial charge in [-0.05, 0) is 44.4 Å². The Morgan fingerprint density at radius 3 is 1.91 bits per heavy atom. The van der Waals surface area contributed by atoms with E-state index < -0.39 is 48.8 Å². The number of benzene rings is 2. The number of halogens is 8. The SMILES string of the molecule is C#C.C/C=C/C(NC(N)=O)c1cc(F)cc(OC(F)(F)C(F)F)c1.C=CCF.C=COC.Cc1ccccc1.FC1(F)CCCC1. The fraction of sp³-hybridized carbons (Fsp3) is 0.364. The maximum atomic E-state index is 13.5. The maximum Gasteiger partial charge on any atom is 0.461 e. The van der Waals surface area contributed by atoms with E-state index in [1.165, 1.54) is 30.1 Å². The van der Waals surface area contributed by atoms with Gasteiger partial charge in [-0.1, -0.05) is 60.7 Å². The number of carbonyl (C=O) groups is 1. The average molecular weight is 667 g/mol. The molecule has 0 saturated heterocycles. The number of alkyl halides is 7. The number of hydrogen-bond donors (Lipinski definition) is 2. The van der Waals surface area contributed by atoms with Crippen molar-refractivity contribution in [1.82, 2.24) is 5.32 Å². The van der Waals surface area contributed by atoms with E-state index in [2.05, 4.69) is 59.9 Å². The summed E-state index contributed by atoms with van der Waals surface area (Å²) in [5.41, 5.74) is 6.27. The fourth-order valence-corrected chi connectivity index (χ4v) is 3.04. The van der Waals surface area contributed by atoms with Crippen molar-refractivity contribution >= 4 is 6.03 Å². The van der Waals surface area contributed by atoms with Gasteiger partial charge in [0, 0.05) is 18.9 Å². The number of hydrogen-bond acceptors (Lipinski definition) is 3. The zero-order valence-corrected chi connectivity index (χ0v) is 26.0. The molecule has 3 rings (SSSR count). The second-order valence-electron chi connectivity index (χ2n) is 8.76. The minimum atomic E-state index is -4.77. The standard InChI is InChI=1S/C13H13F5N2O2.C7H8.C5H8F2.C3H5F.C3H6O.C2H2/c1-2-3-10(20-12(19)21)7-4-8(14)6-9(5-7)22-13(17,18)11(15)16;1-7-5-3-2-4-6-7;6-5(7)3-1-2-4-5;1-2-3-4;1-3-4-2;1-2/h2-6,10-11H,1H3,(H3,19,20,21);2-6H,1H3;1-4H2;2H,1,3H2;3H,1H2,2H3;1-2H/b3-2+;;;;;. The van der Waals surface area contributed by atoms with Crippen LogP contribution >= 0.6 is 0 Å². The number of rotatable bonds is 8. The Morgan fingerprint density at radius 2 is 1.61 bits per heavy atom. The molecule has 1 fully saturated rings. The van der Waals surface area contributed by atoms with Gasteiger partial charge in [-0.15, -0.1) is 19.4 Å². The molecule has 1 aliphatic carbocycles. The van der Waals surface area contributed by atoms with E-state index in [1.807, 2.05) is 18.2 Å². The molecule has 1 aliphatic rings. The zero-order chi connectivity index (χ0) is 36.2. The third kappa shape index (κ3) is 24.9. The van der Waals surface area contributed by atoms with Crippen LogP contribution in [0.4, 0.5) is 39.9 Å². The first-order valence-corrected chi connectivity index (χ1v) is 13.5. The number of nitrogens with two attached hydrogens (primary N) is 1. The van der Waals surface area contributed by atoms with Gasteiger partial charge in [0.1, 0.15) is 18.2 Å². The van der Waals surface area contributed by atoms with Crippen LogP contribution in [0.3, 0.4) is 0 Å². The first-order chi connectivity index (χ1) is 21.6. The van der Waals surface area contributed by atoms with Crippen molar-refractivity contribution in [3.8, 4) is 18.6 Å². The number of amides is 2. The lowest BCUT2D eigenvalue weighted by Crippen LogP contribution is -2.34. The van der Waals surface area contributed by atoms with Crippen LogP contribution in [0.5, 0.6) is 5.75 Å². The van der Waals surface area contributed by atoms with E-state index in [4.69, 9.17) is 5.73 Å². The molecule has 5 nitrogen and oxygen atoms in total. The van der Waals surface area contributed by atoms with E-state index in [0.29, 0.717) is 18.9 Å². The summed E-state index contributed by atoms with van der Waals surface area (Å²) in [6.45, 7) is 9.62. The van der Waals surface area contributed by atoms with Crippen LogP contribution in [0.25, 0.3) is 0 Å². The van der Waals surface area contributed by atoms with Crippen LogP contribution in [0.2, 0.25) is 0 Å². The smallest absolute Gasteiger partial charge is 0.461 e. The second-order valence-corrected chi connectivity index (χ2v) is 8.76. The molecule has 3 N–H and O–H groups in total. The molecule has 258 valence electrons. The lowest BCUT2D eigenvalue weighted by Gasteiger charge is -2.19. The highest BCUT2D eigenvalue weighted by molar-refractivity contribution is 5.72. The maximum absolute atomic E-state index is 13.5. The summed E-state index contributed by atoms with van der Waals surface area (Å²) in [7, 11) is 1.56. The average Bonchev–Trinajstić information content (AvgIpc) is 3.42. The summed E-state index contributed by atoms with van der Waals surface area (Å²) >= 11 is 0. The molecule has 0 spiro atoms. The molecule has 2 aromatic rings. The van der Waals surface area contributed by atoms with Gasteiger partial charge in [0.05, 0.1) is 19.4 Å². The number of allylic oxidation sites excluding steroid dienone is 2. The molecule has 1 atom stereocenters. The van der Waals surface area contributed by atoms with E-state index >= 15 is 0 Å². The number of terminal acetylenes is 1. The number of carbonyl (C=O) groups excluding carboxylic acids is 1. The number of methoxy groups -OCH3 is 1. The Balaban J connectivity index is -0.000000620. The third-order valence-corrected chi connectivity index (χ3v) is 4.99. The van der Waals surface area contributed by atoms with Gasteiger partial charge < -0.3 is 20.5 Å².